The van der Waals surface area contributed by atoms with Gasteiger partial charge in [-0.2, -0.15) is 0 Å². The number of carbonyl (C=O) groups excluding carboxylic acids is 1. The summed E-state index contributed by atoms with van der Waals surface area (Å²) >= 11 is 3.57. The standard InChI is InChI=1S/C21H26BrN3O2/c1-20(2,3)27-19(26)24-18-9-8-17(12-23-18)25-13-14-6-7-16(22)10-15(14)11-21(25,4)5/h6-10,12H,11,13H2,1-5H3,(H,23,24,26). The van der Waals surface area contributed by atoms with Crippen molar-refractivity contribution in [3.05, 3.63) is 52.1 Å². The van der Waals surface area contributed by atoms with Crippen molar-refractivity contribution in [3.63, 3.8) is 0 Å². The third-order valence-corrected chi connectivity index (χ3v) is 5.03. The predicted molar refractivity (Wildman–Crippen MR) is 112 cm³/mol. The Hall–Kier alpha value is -2.08. The third-order valence-electron chi connectivity index (χ3n) is 4.54. The minimum Gasteiger partial charge on any atom is -0.444 e. The summed E-state index contributed by atoms with van der Waals surface area (Å²) in [5, 5.41) is 2.68. The number of nitrogens with zero attached hydrogens (tertiary/aromatic N) is 2. The van der Waals surface area contributed by atoms with Crippen molar-refractivity contribution in [2.75, 3.05) is 10.2 Å². The second-order valence-electron chi connectivity index (χ2n) is 8.52. The molecule has 27 heavy (non-hydrogen) atoms. The maximum absolute atomic E-state index is 11.9. The molecule has 1 aromatic carbocycles. The van der Waals surface area contributed by atoms with Crippen LogP contribution in [0.2, 0.25) is 0 Å². The predicted octanol–water partition coefficient (Wildman–Crippen LogP) is 5.53. The minimum absolute atomic E-state index is 0.0322. The fraction of sp³-hybridized carbons (Fsp3) is 0.429. The van der Waals surface area contributed by atoms with Gasteiger partial charge >= 0.3 is 6.09 Å². The van der Waals surface area contributed by atoms with Crippen LogP contribution in [0.4, 0.5) is 16.3 Å². The molecule has 1 aromatic heterocycles. The molecule has 0 fully saturated rings. The van der Waals surface area contributed by atoms with Gasteiger partial charge in [-0.25, -0.2) is 9.78 Å². The Labute approximate surface area is 169 Å². The highest BCUT2D eigenvalue weighted by Gasteiger charge is 2.33. The summed E-state index contributed by atoms with van der Waals surface area (Å²) in [5.41, 5.74) is 3.17. The molecule has 5 nitrogen and oxygen atoms in total. The van der Waals surface area contributed by atoms with E-state index in [1.54, 1.807) is 6.20 Å². The number of halogens is 1. The molecular formula is C21H26BrN3O2. The van der Waals surface area contributed by atoms with E-state index < -0.39 is 11.7 Å². The fourth-order valence-corrected chi connectivity index (χ4v) is 3.74. The molecule has 1 aliphatic rings. The molecule has 0 bridgehead atoms. The van der Waals surface area contributed by atoms with E-state index in [0.717, 1.165) is 23.1 Å². The smallest absolute Gasteiger partial charge is 0.413 e. The van der Waals surface area contributed by atoms with Gasteiger partial charge in [-0.3, -0.25) is 5.32 Å². The summed E-state index contributed by atoms with van der Waals surface area (Å²) < 4.78 is 6.38. The number of ether oxygens (including phenoxy) is 1. The molecule has 0 unspecified atom stereocenters. The zero-order valence-electron chi connectivity index (χ0n) is 16.5. The Balaban J connectivity index is 1.76. The molecule has 2 heterocycles. The van der Waals surface area contributed by atoms with E-state index in [2.05, 4.69) is 63.2 Å². The first-order valence-electron chi connectivity index (χ1n) is 9.04. The number of hydrogen-bond donors (Lipinski definition) is 1. The molecule has 2 aromatic rings. The van der Waals surface area contributed by atoms with Gasteiger partial charge in [0.05, 0.1) is 11.9 Å². The van der Waals surface area contributed by atoms with Crippen LogP contribution in [-0.4, -0.2) is 22.2 Å². The second-order valence-corrected chi connectivity index (χ2v) is 9.43. The largest absolute Gasteiger partial charge is 0.444 e. The Morgan fingerprint density at radius 2 is 1.96 bits per heavy atom. The maximum Gasteiger partial charge on any atom is 0.413 e. The van der Waals surface area contributed by atoms with E-state index in [9.17, 15) is 4.79 Å². The molecule has 1 aliphatic heterocycles. The molecule has 0 radical (unpaired) electrons. The number of pyridine rings is 1. The van der Waals surface area contributed by atoms with Crippen LogP contribution >= 0.6 is 15.9 Å². The average Bonchev–Trinajstić information content (AvgIpc) is 2.52. The number of rotatable bonds is 2. The number of nitrogens with one attached hydrogen (secondary N) is 1. The number of carbonyl (C=O) groups is 1. The van der Waals surface area contributed by atoms with Crippen LogP contribution in [0.25, 0.3) is 0 Å². The van der Waals surface area contributed by atoms with Crippen molar-refractivity contribution in [3.8, 4) is 0 Å². The maximum atomic E-state index is 11.9. The Morgan fingerprint density at radius 3 is 2.59 bits per heavy atom. The zero-order valence-corrected chi connectivity index (χ0v) is 18.1. The second kappa shape index (κ2) is 7.15. The molecule has 0 saturated heterocycles. The average molecular weight is 432 g/mol. The van der Waals surface area contributed by atoms with Gasteiger partial charge in [0.25, 0.3) is 0 Å². The van der Waals surface area contributed by atoms with Crippen molar-refractivity contribution in [2.24, 2.45) is 0 Å². The summed E-state index contributed by atoms with van der Waals surface area (Å²) in [7, 11) is 0. The van der Waals surface area contributed by atoms with Crippen LogP contribution in [0.5, 0.6) is 0 Å². The van der Waals surface area contributed by atoms with E-state index >= 15 is 0 Å². The van der Waals surface area contributed by atoms with Crippen molar-refractivity contribution in [1.82, 2.24) is 4.98 Å². The highest BCUT2D eigenvalue weighted by atomic mass is 79.9. The third kappa shape index (κ3) is 4.80. The lowest BCUT2D eigenvalue weighted by molar-refractivity contribution is 0.0635. The van der Waals surface area contributed by atoms with Crippen LogP contribution in [0.3, 0.4) is 0 Å². The van der Waals surface area contributed by atoms with Gasteiger partial charge in [0.2, 0.25) is 0 Å². The van der Waals surface area contributed by atoms with E-state index in [4.69, 9.17) is 4.74 Å². The van der Waals surface area contributed by atoms with Gasteiger partial charge in [-0.05, 0) is 76.4 Å². The van der Waals surface area contributed by atoms with Crippen molar-refractivity contribution in [1.29, 1.82) is 0 Å². The normalized spacial score (nSPS) is 15.9. The molecule has 1 amide bonds. The highest BCUT2D eigenvalue weighted by molar-refractivity contribution is 9.10. The van der Waals surface area contributed by atoms with E-state index in [1.807, 2.05) is 32.9 Å². The quantitative estimate of drug-likeness (QED) is 0.678. The molecule has 0 saturated carbocycles. The van der Waals surface area contributed by atoms with Crippen LogP contribution < -0.4 is 10.2 Å². The summed E-state index contributed by atoms with van der Waals surface area (Å²) in [5.74, 6) is 0.479. The Bertz CT molecular complexity index is 841. The number of anilines is 2. The van der Waals surface area contributed by atoms with Crippen LogP contribution in [-0.2, 0) is 17.7 Å². The number of fused-ring (bicyclic) bond motifs is 1. The van der Waals surface area contributed by atoms with Crippen LogP contribution in [0.1, 0.15) is 45.7 Å². The summed E-state index contributed by atoms with van der Waals surface area (Å²) in [6.45, 7) is 10.8. The van der Waals surface area contributed by atoms with Gasteiger partial charge in [0.15, 0.2) is 0 Å². The zero-order chi connectivity index (χ0) is 19.8. The fourth-order valence-electron chi connectivity index (χ4n) is 3.33. The van der Waals surface area contributed by atoms with Crippen molar-refractivity contribution < 1.29 is 9.53 Å². The molecule has 3 rings (SSSR count). The van der Waals surface area contributed by atoms with Gasteiger partial charge in [0, 0.05) is 16.6 Å². The summed E-state index contributed by atoms with van der Waals surface area (Å²) in [6.07, 6.45) is 2.26. The van der Waals surface area contributed by atoms with Crippen LogP contribution in [0.15, 0.2) is 41.0 Å². The van der Waals surface area contributed by atoms with Crippen LogP contribution in [0, 0.1) is 0 Å². The minimum atomic E-state index is -0.537. The highest BCUT2D eigenvalue weighted by Crippen LogP contribution is 2.35. The number of amides is 1. The Kier molecular flexibility index (Phi) is 5.21. The van der Waals surface area contributed by atoms with Crippen molar-refractivity contribution in [2.45, 2.75) is 58.7 Å². The van der Waals surface area contributed by atoms with E-state index in [1.165, 1.54) is 11.1 Å². The SMILES string of the molecule is CC(C)(C)OC(=O)Nc1ccc(N2Cc3ccc(Br)cc3CC2(C)C)cn1. The van der Waals surface area contributed by atoms with Gasteiger partial charge in [0.1, 0.15) is 11.4 Å². The number of hydrogen-bond acceptors (Lipinski definition) is 4. The van der Waals surface area contributed by atoms with Gasteiger partial charge in [-0.1, -0.05) is 22.0 Å². The lowest BCUT2D eigenvalue weighted by atomic mass is 9.85. The van der Waals surface area contributed by atoms with E-state index in [0.29, 0.717) is 5.82 Å². The number of aromatic nitrogens is 1. The van der Waals surface area contributed by atoms with Crippen molar-refractivity contribution >= 4 is 33.5 Å². The molecular weight excluding hydrogens is 406 g/mol. The molecule has 144 valence electrons. The lowest BCUT2D eigenvalue weighted by Gasteiger charge is -2.45. The first kappa shape index (κ1) is 19.7. The molecule has 0 spiro atoms. The molecule has 0 atom stereocenters. The monoisotopic (exact) mass is 431 g/mol. The lowest BCUT2D eigenvalue weighted by Crippen LogP contribution is -2.48. The number of benzene rings is 1. The molecule has 1 N–H and O–H groups in total. The first-order valence-corrected chi connectivity index (χ1v) is 9.84. The Morgan fingerprint density at radius 1 is 1.22 bits per heavy atom. The van der Waals surface area contributed by atoms with Gasteiger partial charge in [-0.15, -0.1) is 0 Å². The molecule has 0 aliphatic carbocycles. The summed E-state index contributed by atoms with van der Waals surface area (Å²) in [6, 6.07) is 10.3. The van der Waals surface area contributed by atoms with E-state index in [-0.39, 0.29) is 5.54 Å². The molecule has 6 heteroatoms. The van der Waals surface area contributed by atoms with Gasteiger partial charge < -0.3 is 9.64 Å². The first-order chi connectivity index (χ1) is 12.5. The summed E-state index contributed by atoms with van der Waals surface area (Å²) in [4.78, 5) is 18.6. The topological polar surface area (TPSA) is 54.5 Å².